The van der Waals surface area contributed by atoms with Gasteiger partial charge >= 0.3 is 0 Å². The van der Waals surface area contributed by atoms with Gasteiger partial charge < -0.3 is 9.47 Å². The number of aromatic nitrogens is 4. The van der Waals surface area contributed by atoms with E-state index in [-0.39, 0.29) is 5.91 Å². The molecule has 1 amide bonds. The van der Waals surface area contributed by atoms with E-state index in [1.54, 1.807) is 6.20 Å². The summed E-state index contributed by atoms with van der Waals surface area (Å²) in [5, 5.41) is 6.85. The Labute approximate surface area is 181 Å². The minimum Gasteiger partial charge on any atom is -0.346 e. The molecule has 0 saturated carbocycles. The van der Waals surface area contributed by atoms with Gasteiger partial charge in [-0.1, -0.05) is 30.3 Å². The SMILES string of the molecule is C[C@H]1C[C@@H](Cn2ccc3nc(-c4cn[nH]c4)ccc32)CN1C(=O)CCc1ccccc1. The number of rotatable bonds is 6. The summed E-state index contributed by atoms with van der Waals surface area (Å²) >= 11 is 0. The molecule has 1 aliphatic heterocycles. The van der Waals surface area contributed by atoms with E-state index in [0.717, 1.165) is 48.2 Å². The highest BCUT2D eigenvalue weighted by molar-refractivity contribution is 5.79. The molecule has 158 valence electrons. The molecule has 1 N–H and O–H groups in total. The van der Waals surface area contributed by atoms with E-state index < -0.39 is 0 Å². The van der Waals surface area contributed by atoms with Gasteiger partial charge in [0.25, 0.3) is 0 Å². The molecule has 0 unspecified atom stereocenters. The third-order valence-electron chi connectivity index (χ3n) is 6.33. The van der Waals surface area contributed by atoms with Crippen LogP contribution in [-0.2, 0) is 17.8 Å². The molecule has 31 heavy (non-hydrogen) atoms. The minimum absolute atomic E-state index is 0.266. The number of likely N-dealkylation sites (tertiary alicyclic amines) is 1. The van der Waals surface area contributed by atoms with Gasteiger partial charge in [0.2, 0.25) is 5.91 Å². The first kappa shape index (κ1) is 19.5. The van der Waals surface area contributed by atoms with Crippen molar-refractivity contribution in [2.45, 2.75) is 38.8 Å². The number of amides is 1. The van der Waals surface area contributed by atoms with Gasteiger partial charge in [-0.05, 0) is 49.4 Å². The lowest BCUT2D eigenvalue weighted by atomic mass is 10.1. The molecule has 0 aliphatic carbocycles. The number of carbonyl (C=O) groups is 1. The van der Waals surface area contributed by atoms with E-state index >= 15 is 0 Å². The van der Waals surface area contributed by atoms with Gasteiger partial charge in [-0.25, -0.2) is 4.98 Å². The van der Waals surface area contributed by atoms with Crippen LogP contribution in [0.5, 0.6) is 0 Å². The Bertz CT molecular complexity index is 1170. The average molecular weight is 414 g/mol. The molecule has 1 aromatic carbocycles. The number of hydrogen-bond donors (Lipinski definition) is 1. The number of aryl methyl sites for hydroxylation is 1. The van der Waals surface area contributed by atoms with Crippen molar-refractivity contribution in [3.05, 3.63) is 72.7 Å². The van der Waals surface area contributed by atoms with Crippen molar-refractivity contribution in [2.75, 3.05) is 6.54 Å². The molecule has 3 aromatic heterocycles. The minimum atomic E-state index is 0.266. The van der Waals surface area contributed by atoms with Crippen LogP contribution in [0.25, 0.3) is 22.3 Å². The molecule has 6 nitrogen and oxygen atoms in total. The number of nitrogens with zero attached hydrogens (tertiary/aromatic N) is 4. The Kier molecular flexibility index (Phi) is 5.28. The van der Waals surface area contributed by atoms with Crippen LogP contribution >= 0.6 is 0 Å². The second-order valence-electron chi connectivity index (χ2n) is 8.54. The first-order valence-electron chi connectivity index (χ1n) is 11.0. The van der Waals surface area contributed by atoms with Gasteiger partial charge in [0.1, 0.15) is 0 Å². The van der Waals surface area contributed by atoms with E-state index in [9.17, 15) is 4.79 Å². The van der Waals surface area contributed by atoms with Crippen LogP contribution in [-0.4, -0.2) is 43.1 Å². The average Bonchev–Trinajstić information content (AvgIpc) is 3.53. The van der Waals surface area contributed by atoms with Crippen LogP contribution in [0.3, 0.4) is 0 Å². The molecular formula is C25H27N5O. The number of benzene rings is 1. The zero-order valence-electron chi connectivity index (χ0n) is 17.7. The molecule has 4 aromatic rings. The predicted octanol–water partition coefficient (Wildman–Crippen LogP) is 4.30. The van der Waals surface area contributed by atoms with Crippen molar-refractivity contribution in [1.82, 2.24) is 24.6 Å². The van der Waals surface area contributed by atoms with Gasteiger partial charge in [-0.15, -0.1) is 0 Å². The lowest BCUT2D eigenvalue weighted by Crippen LogP contribution is -2.34. The van der Waals surface area contributed by atoms with Crippen LogP contribution in [0.2, 0.25) is 0 Å². The summed E-state index contributed by atoms with van der Waals surface area (Å²) in [5.41, 5.74) is 5.25. The monoisotopic (exact) mass is 413 g/mol. The summed E-state index contributed by atoms with van der Waals surface area (Å²) in [6.45, 7) is 3.91. The third kappa shape index (κ3) is 4.10. The Balaban J connectivity index is 1.23. The smallest absolute Gasteiger partial charge is 0.223 e. The number of aromatic amines is 1. The van der Waals surface area contributed by atoms with Crippen LogP contribution in [0, 0.1) is 5.92 Å². The van der Waals surface area contributed by atoms with Crippen molar-refractivity contribution in [1.29, 1.82) is 0 Å². The number of carbonyl (C=O) groups excluding carboxylic acids is 1. The summed E-state index contributed by atoms with van der Waals surface area (Å²) in [5.74, 6) is 0.725. The van der Waals surface area contributed by atoms with E-state index in [1.807, 2.05) is 30.5 Å². The first-order valence-corrected chi connectivity index (χ1v) is 11.0. The van der Waals surface area contributed by atoms with Crippen molar-refractivity contribution >= 4 is 16.9 Å². The molecule has 6 heteroatoms. The van der Waals surface area contributed by atoms with Crippen LogP contribution < -0.4 is 0 Å². The highest BCUT2D eigenvalue weighted by Gasteiger charge is 2.32. The van der Waals surface area contributed by atoms with E-state index in [0.29, 0.717) is 18.4 Å². The van der Waals surface area contributed by atoms with Crippen LogP contribution in [0.15, 0.2) is 67.1 Å². The fourth-order valence-corrected chi connectivity index (χ4v) is 4.72. The van der Waals surface area contributed by atoms with Crippen molar-refractivity contribution in [3.8, 4) is 11.3 Å². The second-order valence-corrected chi connectivity index (χ2v) is 8.54. The summed E-state index contributed by atoms with van der Waals surface area (Å²) in [6.07, 6.45) is 8.18. The number of fused-ring (bicyclic) bond motifs is 1. The van der Waals surface area contributed by atoms with Gasteiger partial charge in [-0.2, -0.15) is 5.10 Å². The number of H-pyrrole nitrogens is 1. The Morgan fingerprint density at radius 2 is 2.03 bits per heavy atom. The van der Waals surface area contributed by atoms with Gasteiger partial charge in [-0.3, -0.25) is 9.89 Å². The fraction of sp³-hybridized carbons (Fsp3) is 0.320. The molecule has 2 atom stereocenters. The Hall–Kier alpha value is -3.41. The van der Waals surface area contributed by atoms with Crippen LogP contribution in [0.4, 0.5) is 0 Å². The molecule has 0 radical (unpaired) electrons. The summed E-state index contributed by atoms with van der Waals surface area (Å²) in [4.78, 5) is 19.7. The highest BCUT2D eigenvalue weighted by atomic mass is 16.2. The summed E-state index contributed by atoms with van der Waals surface area (Å²) in [6, 6.07) is 16.8. The van der Waals surface area contributed by atoms with Gasteiger partial charge in [0, 0.05) is 43.5 Å². The highest BCUT2D eigenvalue weighted by Crippen LogP contribution is 2.28. The zero-order chi connectivity index (χ0) is 21.2. The molecule has 1 fully saturated rings. The summed E-state index contributed by atoms with van der Waals surface area (Å²) < 4.78 is 2.27. The second kappa shape index (κ2) is 8.38. The lowest BCUT2D eigenvalue weighted by molar-refractivity contribution is -0.131. The van der Waals surface area contributed by atoms with Crippen molar-refractivity contribution in [3.63, 3.8) is 0 Å². The molecule has 4 heterocycles. The summed E-state index contributed by atoms with van der Waals surface area (Å²) in [7, 11) is 0. The lowest BCUT2D eigenvalue weighted by Gasteiger charge is -2.21. The molecular weight excluding hydrogens is 386 g/mol. The van der Waals surface area contributed by atoms with Crippen molar-refractivity contribution in [2.24, 2.45) is 5.92 Å². The van der Waals surface area contributed by atoms with Gasteiger partial charge in [0.15, 0.2) is 0 Å². The van der Waals surface area contributed by atoms with Gasteiger partial charge in [0.05, 0.1) is 22.9 Å². The van der Waals surface area contributed by atoms with E-state index in [1.165, 1.54) is 5.56 Å². The van der Waals surface area contributed by atoms with Crippen LogP contribution in [0.1, 0.15) is 25.3 Å². The van der Waals surface area contributed by atoms with E-state index in [4.69, 9.17) is 4.98 Å². The standard InChI is InChI=1S/C25H27N5O/c1-18-13-20(17-30(18)25(31)10-7-19-5-3-2-4-6-19)16-29-12-11-23-24(29)9-8-22(28-23)21-14-26-27-15-21/h2-6,8-9,11-12,14-15,18,20H,7,10,13,16-17H2,1H3,(H,26,27)/t18-,20-/m0/s1. The van der Waals surface area contributed by atoms with E-state index in [2.05, 4.69) is 57.1 Å². The molecule has 1 saturated heterocycles. The predicted molar refractivity (Wildman–Crippen MR) is 121 cm³/mol. The third-order valence-corrected chi connectivity index (χ3v) is 6.33. The van der Waals surface area contributed by atoms with Crippen molar-refractivity contribution < 1.29 is 4.79 Å². The molecule has 5 rings (SSSR count). The maximum atomic E-state index is 12.8. The quantitative estimate of drug-likeness (QED) is 0.513. The zero-order valence-corrected chi connectivity index (χ0v) is 17.7. The number of pyridine rings is 1. The fourth-order valence-electron chi connectivity index (χ4n) is 4.72. The maximum Gasteiger partial charge on any atom is 0.223 e. The topological polar surface area (TPSA) is 66.8 Å². The molecule has 1 aliphatic rings. The first-order chi connectivity index (χ1) is 15.2. The normalized spacial score (nSPS) is 18.7. The Morgan fingerprint density at radius 3 is 2.84 bits per heavy atom. The Morgan fingerprint density at radius 1 is 1.16 bits per heavy atom. The molecule has 0 bridgehead atoms. The maximum absolute atomic E-state index is 12.8. The molecule has 0 spiro atoms. The largest absolute Gasteiger partial charge is 0.346 e. The number of nitrogens with one attached hydrogen (secondary N) is 1. The number of hydrogen-bond acceptors (Lipinski definition) is 3.